The van der Waals surface area contributed by atoms with Crippen LogP contribution in [-0.4, -0.2) is 40.4 Å². The second-order valence-electron chi connectivity index (χ2n) is 16.6. The Kier molecular flexibility index (Phi) is 8.89. The van der Waals surface area contributed by atoms with Gasteiger partial charge in [-0.2, -0.15) is 0 Å². The van der Waals surface area contributed by atoms with Gasteiger partial charge in [0, 0.05) is 48.5 Å². The molecule has 2 heteroatoms. The Labute approximate surface area is 254 Å². The molecule has 0 aromatic carbocycles. The highest BCUT2D eigenvalue weighted by Gasteiger charge is 2.60. The molecule has 8 atom stereocenters. The van der Waals surface area contributed by atoms with E-state index < -0.39 is 0 Å². The zero-order chi connectivity index (χ0) is 28.8. The Morgan fingerprint density at radius 2 is 1.37 bits per heavy atom. The van der Waals surface area contributed by atoms with Gasteiger partial charge in [0.25, 0.3) is 0 Å². The summed E-state index contributed by atoms with van der Waals surface area (Å²) in [7, 11) is 0. The number of fused-ring (bicyclic) bond motifs is 6. The van der Waals surface area contributed by atoms with E-state index in [9.17, 15) is 0 Å². The fourth-order valence-electron chi connectivity index (χ4n) is 12.1. The van der Waals surface area contributed by atoms with Gasteiger partial charge in [-0.3, -0.25) is 0 Å². The molecular weight excluding hydrogens is 496 g/mol. The van der Waals surface area contributed by atoms with Crippen molar-refractivity contribution in [3.05, 3.63) is 23.9 Å². The van der Waals surface area contributed by atoms with Crippen LogP contribution >= 0.6 is 0 Å². The lowest BCUT2D eigenvalue weighted by atomic mass is 9.57. The third-order valence-electron chi connectivity index (χ3n) is 13.8. The van der Waals surface area contributed by atoms with E-state index in [1.807, 2.05) is 0 Å². The molecule has 0 spiro atoms. The Morgan fingerprint density at radius 1 is 0.732 bits per heavy atom. The zero-order valence-electron chi connectivity index (χ0n) is 28.0. The van der Waals surface area contributed by atoms with E-state index in [-0.39, 0.29) is 10.8 Å². The standard InChI is InChI=1S/C39H65N2/c1-7-9-26-40-32-24-22-28-16-11-13-18-30(28)36(32)38(3,4)34(40)20-15-21-35-39(5,6)37-31-19-14-12-17-29(31)23-25-33(37)41(35)27-10-8-2/h15,20-21,28-33,36-37H,7-14,16-19,22-27H2,1-6H3/q+1. The van der Waals surface area contributed by atoms with Crippen molar-refractivity contribution < 1.29 is 4.58 Å². The Hall–Kier alpha value is -1.05. The first-order valence-corrected chi connectivity index (χ1v) is 18.6. The first kappa shape index (κ1) is 30.0. The molecule has 0 bridgehead atoms. The van der Waals surface area contributed by atoms with Gasteiger partial charge in [0.1, 0.15) is 6.54 Å². The predicted octanol–water partition coefficient (Wildman–Crippen LogP) is 10.0. The molecule has 6 rings (SSSR count). The van der Waals surface area contributed by atoms with Crippen LogP contribution in [0, 0.1) is 46.3 Å². The van der Waals surface area contributed by atoms with Crippen molar-refractivity contribution in [2.75, 3.05) is 13.1 Å². The lowest BCUT2D eigenvalue weighted by molar-refractivity contribution is -0.569. The van der Waals surface area contributed by atoms with E-state index in [1.165, 1.54) is 116 Å². The van der Waals surface area contributed by atoms with Crippen molar-refractivity contribution in [3.8, 4) is 0 Å². The third kappa shape index (κ3) is 5.22. The number of rotatable bonds is 8. The molecule has 41 heavy (non-hydrogen) atoms. The highest BCUT2D eigenvalue weighted by atomic mass is 15.2. The summed E-state index contributed by atoms with van der Waals surface area (Å²) in [5, 5.41) is 0. The average Bonchev–Trinajstić information content (AvgIpc) is 3.33. The molecule has 4 saturated carbocycles. The van der Waals surface area contributed by atoms with Crippen LogP contribution in [0.25, 0.3) is 0 Å². The van der Waals surface area contributed by atoms with Crippen LogP contribution in [0.5, 0.6) is 0 Å². The summed E-state index contributed by atoms with van der Waals surface area (Å²) >= 11 is 0. The van der Waals surface area contributed by atoms with Gasteiger partial charge < -0.3 is 4.90 Å². The summed E-state index contributed by atoms with van der Waals surface area (Å²) in [6, 6.07) is 1.55. The topological polar surface area (TPSA) is 6.25 Å². The molecule has 8 unspecified atom stereocenters. The fourth-order valence-corrected chi connectivity index (χ4v) is 12.1. The predicted molar refractivity (Wildman–Crippen MR) is 175 cm³/mol. The van der Waals surface area contributed by atoms with Gasteiger partial charge in [-0.05, 0) is 88.0 Å². The van der Waals surface area contributed by atoms with Gasteiger partial charge in [-0.25, -0.2) is 4.58 Å². The van der Waals surface area contributed by atoms with E-state index in [1.54, 1.807) is 11.4 Å². The van der Waals surface area contributed by atoms with Crippen molar-refractivity contribution >= 4 is 5.71 Å². The molecule has 0 amide bonds. The normalized spacial score (nSPS) is 40.5. The molecule has 2 nitrogen and oxygen atoms in total. The first-order valence-electron chi connectivity index (χ1n) is 18.6. The molecule has 1 saturated heterocycles. The number of unbranched alkanes of at least 4 members (excludes halogenated alkanes) is 2. The van der Waals surface area contributed by atoms with E-state index in [4.69, 9.17) is 0 Å². The van der Waals surface area contributed by atoms with E-state index in [2.05, 4.69) is 69.2 Å². The molecular formula is C39H65N2+. The van der Waals surface area contributed by atoms with Gasteiger partial charge in [0.15, 0.2) is 11.8 Å². The molecule has 0 N–H and O–H groups in total. The van der Waals surface area contributed by atoms with Crippen molar-refractivity contribution in [2.24, 2.45) is 46.3 Å². The first-order chi connectivity index (χ1) is 19.8. The summed E-state index contributed by atoms with van der Waals surface area (Å²) in [6.45, 7) is 17.8. The summed E-state index contributed by atoms with van der Waals surface area (Å²) < 4.78 is 2.94. The number of nitrogens with zero attached hydrogens (tertiary/aromatic N) is 2. The molecule has 5 fully saturated rings. The molecule has 2 heterocycles. The van der Waals surface area contributed by atoms with Crippen molar-refractivity contribution in [2.45, 2.75) is 156 Å². The molecule has 0 aromatic heterocycles. The maximum atomic E-state index is 2.94. The van der Waals surface area contributed by atoms with Gasteiger partial charge in [-0.1, -0.05) is 85.1 Å². The molecule has 230 valence electrons. The maximum absolute atomic E-state index is 2.94. The summed E-state index contributed by atoms with van der Waals surface area (Å²) in [5.41, 5.74) is 3.91. The largest absolute Gasteiger partial charge is 0.371 e. The lowest BCUT2D eigenvalue weighted by Gasteiger charge is -2.47. The van der Waals surface area contributed by atoms with Gasteiger partial charge >= 0.3 is 0 Å². The number of hydrogen-bond donors (Lipinski definition) is 0. The van der Waals surface area contributed by atoms with Gasteiger partial charge in [0.05, 0.1) is 5.41 Å². The van der Waals surface area contributed by atoms with Crippen LogP contribution in [0.2, 0.25) is 0 Å². The quantitative estimate of drug-likeness (QED) is 0.267. The SMILES string of the molecule is CCCCN1/C(=C/C=C/C2=[N+](CCCC)C3CCC4CCCCC4C3C2(C)C)C(C)(C)C2C3CCCCC3CCC21. The minimum Gasteiger partial charge on any atom is -0.371 e. The Balaban J connectivity index is 1.33. The summed E-state index contributed by atoms with van der Waals surface area (Å²) in [5.74, 6) is 5.61. The van der Waals surface area contributed by atoms with E-state index in [0.717, 1.165) is 47.6 Å². The molecule has 0 aromatic rings. The lowest BCUT2D eigenvalue weighted by Crippen LogP contribution is -2.46. The zero-order valence-corrected chi connectivity index (χ0v) is 28.0. The highest BCUT2D eigenvalue weighted by molar-refractivity contribution is 5.97. The van der Waals surface area contributed by atoms with Crippen molar-refractivity contribution in [1.82, 2.24) is 4.90 Å². The Bertz CT molecular complexity index is 1010. The summed E-state index contributed by atoms with van der Waals surface area (Å²) in [4.78, 5) is 2.94. The molecule has 4 aliphatic carbocycles. The smallest absolute Gasteiger partial charge is 0.182 e. The van der Waals surface area contributed by atoms with Crippen LogP contribution in [0.1, 0.15) is 144 Å². The van der Waals surface area contributed by atoms with Crippen LogP contribution in [-0.2, 0) is 0 Å². The minimum atomic E-state index is 0.282. The number of likely N-dealkylation sites (tertiary alicyclic amines) is 1. The number of allylic oxidation sites excluding steroid dienone is 4. The molecule has 0 radical (unpaired) electrons. The van der Waals surface area contributed by atoms with Crippen molar-refractivity contribution in [3.63, 3.8) is 0 Å². The highest BCUT2D eigenvalue weighted by Crippen LogP contribution is 2.60. The molecule has 2 aliphatic heterocycles. The monoisotopic (exact) mass is 562 g/mol. The van der Waals surface area contributed by atoms with Crippen molar-refractivity contribution in [1.29, 1.82) is 0 Å². The average molecular weight is 562 g/mol. The van der Waals surface area contributed by atoms with Crippen LogP contribution in [0.4, 0.5) is 0 Å². The van der Waals surface area contributed by atoms with E-state index >= 15 is 0 Å². The second kappa shape index (κ2) is 12.1. The van der Waals surface area contributed by atoms with Gasteiger partial charge in [-0.15, -0.1) is 0 Å². The summed E-state index contributed by atoms with van der Waals surface area (Å²) in [6.07, 6.45) is 30.8. The van der Waals surface area contributed by atoms with Crippen LogP contribution in [0.3, 0.4) is 0 Å². The minimum absolute atomic E-state index is 0.282. The number of hydrogen-bond acceptors (Lipinski definition) is 1. The van der Waals surface area contributed by atoms with Crippen LogP contribution < -0.4 is 0 Å². The fraction of sp³-hybridized carbons (Fsp3) is 0.872. The maximum Gasteiger partial charge on any atom is 0.182 e. The molecule has 6 aliphatic rings. The van der Waals surface area contributed by atoms with E-state index in [0.29, 0.717) is 0 Å². The van der Waals surface area contributed by atoms with Crippen LogP contribution in [0.15, 0.2) is 23.9 Å². The third-order valence-corrected chi connectivity index (χ3v) is 13.8. The second-order valence-corrected chi connectivity index (χ2v) is 16.6. The Morgan fingerprint density at radius 3 is 2.05 bits per heavy atom. The van der Waals surface area contributed by atoms with Gasteiger partial charge in [0.2, 0.25) is 0 Å².